The molecule has 3 N–H and O–H groups in total. The van der Waals surface area contributed by atoms with Crippen LogP contribution in [0.5, 0.6) is 0 Å². The van der Waals surface area contributed by atoms with E-state index in [1.807, 2.05) is 32.0 Å². The minimum atomic E-state index is -4.53. The first-order valence-corrected chi connectivity index (χ1v) is 9.85. The number of carbonyl (C=O) groups is 1. The average molecular weight is 421 g/mol. The van der Waals surface area contributed by atoms with Crippen molar-refractivity contribution in [2.24, 2.45) is 5.73 Å². The minimum Gasteiger partial charge on any atom is -0.367 e. The summed E-state index contributed by atoms with van der Waals surface area (Å²) in [6, 6.07) is 5.57. The molecule has 0 saturated heterocycles. The van der Waals surface area contributed by atoms with Crippen molar-refractivity contribution >= 4 is 17.5 Å². The van der Waals surface area contributed by atoms with Crippen molar-refractivity contribution < 1.29 is 18.0 Å². The van der Waals surface area contributed by atoms with E-state index in [4.69, 9.17) is 5.73 Å². The van der Waals surface area contributed by atoms with Crippen LogP contribution < -0.4 is 16.0 Å². The first-order chi connectivity index (χ1) is 14.1. The van der Waals surface area contributed by atoms with E-state index in [1.165, 1.54) is 12.1 Å². The Hall–Kier alpha value is -2.84. The maximum atomic E-state index is 13.6. The van der Waals surface area contributed by atoms with Crippen LogP contribution in [0.3, 0.4) is 0 Å². The zero-order valence-corrected chi connectivity index (χ0v) is 17.3. The van der Waals surface area contributed by atoms with Crippen LogP contribution in [-0.4, -0.2) is 36.0 Å². The molecular formula is C21H26F3N5O. The van der Waals surface area contributed by atoms with Gasteiger partial charge in [-0.25, -0.2) is 9.97 Å². The summed E-state index contributed by atoms with van der Waals surface area (Å²) >= 11 is 0. The zero-order chi connectivity index (χ0) is 22.1. The molecule has 1 saturated carbocycles. The van der Waals surface area contributed by atoms with Gasteiger partial charge in [-0.1, -0.05) is 6.07 Å². The SMILES string of the molecule is Cc1nc(NC2CCC(c3c(C(N)=O)cccc3C(F)(F)F)CC2)cc(N(C)C)n1. The van der Waals surface area contributed by atoms with Gasteiger partial charge in [0, 0.05) is 31.8 Å². The summed E-state index contributed by atoms with van der Waals surface area (Å²) in [5, 5.41) is 3.38. The van der Waals surface area contributed by atoms with Gasteiger partial charge in [0.1, 0.15) is 17.5 Å². The number of hydrogen-bond acceptors (Lipinski definition) is 5. The third-order valence-electron chi connectivity index (χ3n) is 5.45. The molecule has 9 heteroatoms. The Kier molecular flexibility index (Phi) is 6.19. The van der Waals surface area contributed by atoms with E-state index < -0.39 is 17.6 Å². The number of anilines is 2. The molecule has 0 aliphatic heterocycles. The number of hydrogen-bond donors (Lipinski definition) is 2. The quantitative estimate of drug-likeness (QED) is 0.759. The number of aryl methyl sites for hydroxylation is 1. The van der Waals surface area contributed by atoms with E-state index in [-0.39, 0.29) is 23.1 Å². The molecule has 1 fully saturated rings. The molecular weight excluding hydrogens is 395 g/mol. The number of carbonyl (C=O) groups excluding carboxylic acids is 1. The van der Waals surface area contributed by atoms with Gasteiger partial charge in [-0.3, -0.25) is 4.79 Å². The zero-order valence-electron chi connectivity index (χ0n) is 17.3. The highest BCUT2D eigenvalue weighted by Crippen LogP contribution is 2.42. The molecule has 0 radical (unpaired) electrons. The second kappa shape index (κ2) is 8.49. The molecule has 2 aromatic rings. The van der Waals surface area contributed by atoms with Crippen molar-refractivity contribution in [2.75, 3.05) is 24.3 Å². The topological polar surface area (TPSA) is 84.1 Å². The fourth-order valence-corrected chi connectivity index (χ4v) is 4.06. The van der Waals surface area contributed by atoms with E-state index in [0.29, 0.717) is 37.3 Å². The smallest absolute Gasteiger partial charge is 0.367 e. The molecule has 162 valence electrons. The lowest BCUT2D eigenvalue weighted by atomic mass is 9.78. The van der Waals surface area contributed by atoms with E-state index in [1.54, 1.807) is 0 Å². The van der Waals surface area contributed by atoms with Crippen LogP contribution in [0.4, 0.5) is 24.8 Å². The Morgan fingerprint density at radius 3 is 2.40 bits per heavy atom. The maximum Gasteiger partial charge on any atom is 0.416 e. The van der Waals surface area contributed by atoms with E-state index in [0.717, 1.165) is 11.9 Å². The largest absolute Gasteiger partial charge is 0.416 e. The Bertz CT molecular complexity index is 921. The van der Waals surface area contributed by atoms with Gasteiger partial charge in [-0.2, -0.15) is 13.2 Å². The number of amides is 1. The van der Waals surface area contributed by atoms with E-state index in [9.17, 15) is 18.0 Å². The predicted molar refractivity (Wildman–Crippen MR) is 110 cm³/mol. The van der Waals surface area contributed by atoms with Crippen LogP contribution in [0, 0.1) is 6.92 Å². The molecule has 1 aliphatic rings. The summed E-state index contributed by atoms with van der Waals surface area (Å²) in [6.07, 6.45) is -2.16. The van der Waals surface area contributed by atoms with Gasteiger partial charge in [-0.05, 0) is 56.2 Å². The van der Waals surface area contributed by atoms with Crippen molar-refractivity contribution in [3.63, 3.8) is 0 Å². The highest BCUT2D eigenvalue weighted by Gasteiger charge is 2.38. The number of halogens is 3. The maximum absolute atomic E-state index is 13.6. The summed E-state index contributed by atoms with van der Waals surface area (Å²) in [5.74, 6) is 0.923. The van der Waals surface area contributed by atoms with Crippen molar-refractivity contribution in [3.05, 3.63) is 46.8 Å². The second-order valence-corrected chi connectivity index (χ2v) is 7.87. The normalized spacial score (nSPS) is 19.4. The third-order valence-corrected chi connectivity index (χ3v) is 5.45. The fourth-order valence-electron chi connectivity index (χ4n) is 4.06. The Labute approximate surface area is 173 Å². The number of nitrogens with one attached hydrogen (secondary N) is 1. The minimum absolute atomic E-state index is 0.0312. The van der Waals surface area contributed by atoms with Gasteiger partial charge in [-0.15, -0.1) is 0 Å². The molecule has 1 heterocycles. The lowest BCUT2D eigenvalue weighted by molar-refractivity contribution is -0.138. The highest BCUT2D eigenvalue weighted by molar-refractivity contribution is 5.95. The van der Waals surface area contributed by atoms with Crippen molar-refractivity contribution in [1.29, 1.82) is 0 Å². The molecule has 3 rings (SSSR count). The van der Waals surface area contributed by atoms with Crippen molar-refractivity contribution in [1.82, 2.24) is 9.97 Å². The summed E-state index contributed by atoms with van der Waals surface area (Å²) < 4.78 is 40.7. The summed E-state index contributed by atoms with van der Waals surface area (Å²) in [6.45, 7) is 1.81. The molecule has 1 aromatic carbocycles. The van der Waals surface area contributed by atoms with Crippen LogP contribution in [0.1, 0.15) is 58.9 Å². The Balaban J connectivity index is 1.78. The molecule has 0 atom stereocenters. The fraction of sp³-hybridized carbons (Fsp3) is 0.476. The first kappa shape index (κ1) is 21.9. The lowest BCUT2D eigenvalue weighted by Gasteiger charge is -2.32. The number of alkyl halides is 3. The summed E-state index contributed by atoms with van der Waals surface area (Å²) in [4.78, 5) is 22.5. The van der Waals surface area contributed by atoms with Gasteiger partial charge in [0.2, 0.25) is 5.91 Å². The van der Waals surface area contributed by atoms with Gasteiger partial charge in [0.15, 0.2) is 0 Å². The van der Waals surface area contributed by atoms with Gasteiger partial charge in [0.05, 0.1) is 5.56 Å². The van der Waals surface area contributed by atoms with Crippen LogP contribution in [0.2, 0.25) is 0 Å². The third kappa shape index (κ3) is 4.83. The number of primary amides is 1. The Morgan fingerprint density at radius 2 is 1.83 bits per heavy atom. The van der Waals surface area contributed by atoms with Gasteiger partial charge >= 0.3 is 6.18 Å². The molecule has 6 nitrogen and oxygen atoms in total. The standard InChI is InChI=1S/C21H26F3N5O/c1-12-26-17(11-18(27-12)29(2)3)28-14-9-7-13(8-10-14)19-15(20(25)30)5-4-6-16(19)21(22,23)24/h4-6,11,13-14H,7-10H2,1-3H3,(H2,25,30)(H,26,27,28). The highest BCUT2D eigenvalue weighted by atomic mass is 19.4. The van der Waals surface area contributed by atoms with Gasteiger partial charge in [0.25, 0.3) is 0 Å². The number of nitrogens with zero attached hydrogens (tertiary/aromatic N) is 3. The molecule has 0 bridgehead atoms. The molecule has 30 heavy (non-hydrogen) atoms. The second-order valence-electron chi connectivity index (χ2n) is 7.87. The van der Waals surface area contributed by atoms with Crippen molar-refractivity contribution in [2.45, 2.75) is 50.7 Å². The molecule has 1 aliphatic carbocycles. The van der Waals surface area contributed by atoms with Crippen LogP contribution in [-0.2, 0) is 6.18 Å². The number of nitrogens with two attached hydrogens (primary N) is 1. The number of rotatable bonds is 5. The first-order valence-electron chi connectivity index (χ1n) is 9.85. The number of aromatic nitrogens is 2. The Morgan fingerprint density at radius 1 is 1.17 bits per heavy atom. The lowest BCUT2D eigenvalue weighted by Crippen LogP contribution is -2.28. The summed E-state index contributed by atoms with van der Waals surface area (Å²) in [5.41, 5.74) is 4.60. The molecule has 1 amide bonds. The monoisotopic (exact) mass is 421 g/mol. The summed E-state index contributed by atoms with van der Waals surface area (Å²) in [7, 11) is 3.79. The van der Waals surface area contributed by atoms with Crippen LogP contribution in [0.25, 0.3) is 0 Å². The van der Waals surface area contributed by atoms with E-state index in [2.05, 4.69) is 15.3 Å². The van der Waals surface area contributed by atoms with Crippen LogP contribution >= 0.6 is 0 Å². The predicted octanol–water partition coefficient (Wildman–Crippen LogP) is 4.11. The average Bonchev–Trinajstić information content (AvgIpc) is 2.66. The van der Waals surface area contributed by atoms with Crippen LogP contribution in [0.15, 0.2) is 24.3 Å². The van der Waals surface area contributed by atoms with Gasteiger partial charge < -0.3 is 16.0 Å². The van der Waals surface area contributed by atoms with E-state index >= 15 is 0 Å². The number of benzene rings is 1. The molecule has 1 aromatic heterocycles. The molecule has 0 unspecified atom stereocenters. The van der Waals surface area contributed by atoms with Crippen molar-refractivity contribution in [3.8, 4) is 0 Å². The molecule has 0 spiro atoms.